The summed E-state index contributed by atoms with van der Waals surface area (Å²) in [6.07, 6.45) is 1.01. The number of piperazine rings is 1. The Morgan fingerprint density at radius 1 is 1.07 bits per heavy atom. The number of anilines is 1. The number of hydrogen-bond donors (Lipinski definition) is 1. The Morgan fingerprint density at radius 3 is 2.69 bits per heavy atom. The van der Waals surface area contributed by atoms with Crippen LogP contribution in [-0.2, 0) is 13.0 Å². The molecule has 0 amide bonds. The maximum Gasteiger partial charge on any atom is 0.206 e. The number of thiazole rings is 1. The van der Waals surface area contributed by atoms with Gasteiger partial charge in [0.05, 0.1) is 16.8 Å². The Labute approximate surface area is 173 Å². The lowest BCUT2D eigenvalue weighted by atomic mass is 10.0. The summed E-state index contributed by atoms with van der Waals surface area (Å²) < 4.78 is 1.27. The van der Waals surface area contributed by atoms with Crippen LogP contribution < -0.4 is 4.90 Å². The highest BCUT2D eigenvalue weighted by Gasteiger charge is 2.22. The first kappa shape index (κ1) is 18.2. The van der Waals surface area contributed by atoms with Crippen molar-refractivity contribution in [3.63, 3.8) is 0 Å². The molecule has 0 unspecified atom stereocenters. The number of nitrogens with one attached hydrogen (secondary N) is 1. The van der Waals surface area contributed by atoms with Crippen molar-refractivity contribution < 1.29 is 0 Å². The molecule has 29 heavy (non-hydrogen) atoms. The van der Waals surface area contributed by atoms with Gasteiger partial charge in [-0.05, 0) is 41.5 Å². The highest BCUT2D eigenvalue weighted by molar-refractivity contribution is 7.18. The van der Waals surface area contributed by atoms with Crippen molar-refractivity contribution in [3.8, 4) is 11.4 Å². The standard InChI is InChI=1S/C21H23N7S/c1-2-15-7-8-16(21-23-25-26-24-21)18(13-15)28-11-9-27(10-12-28)14-20-22-17-5-3-4-6-19(17)29-20/h3-8,13H,2,9-12,14H2,1H3,(H,23,24,25,26). The number of H-pyrrole nitrogens is 1. The number of aromatic nitrogens is 5. The van der Waals surface area contributed by atoms with Gasteiger partial charge >= 0.3 is 0 Å². The number of benzene rings is 2. The summed E-state index contributed by atoms with van der Waals surface area (Å²) in [6.45, 7) is 7.07. The van der Waals surface area contributed by atoms with Gasteiger partial charge < -0.3 is 4.90 Å². The lowest BCUT2D eigenvalue weighted by molar-refractivity contribution is 0.250. The molecule has 0 radical (unpaired) electrons. The summed E-state index contributed by atoms with van der Waals surface area (Å²) in [5.41, 5.74) is 4.66. The highest BCUT2D eigenvalue weighted by atomic mass is 32.1. The number of tetrazole rings is 1. The SMILES string of the molecule is CCc1ccc(-c2nn[nH]n2)c(N2CCN(Cc3nc4ccccc4s3)CC2)c1. The maximum absolute atomic E-state index is 4.79. The van der Waals surface area contributed by atoms with Crippen LogP contribution in [0.4, 0.5) is 5.69 Å². The van der Waals surface area contributed by atoms with Gasteiger partial charge in [-0.2, -0.15) is 5.21 Å². The monoisotopic (exact) mass is 405 g/mol. The van der Waals surface area contributed by atoms with E-state index in [-0.39, 0.29) is 0 Å². The predicted molar refractivity (Wildman–Crippen MR) is 116 cm³/mol. The van der Waals surface area contributed by atoms with Gasteiger partial charge in [0.1, 0.15) is 5.01 Å². The van der Waals surface area contributed by atoms with E-state index < -0.39 is 0 Å². The molecule has 3 heterocycles. The second-order valence-corrected chi connectivity index (χ2v) is 8.39. The second kappa shape index (κ2) is 7.88. The molecule has 1 N–H and O–H groups in total. The Bertz CT molecular complexity index is 1060. The number of rotatable bonds is 5. The van der Waals surface area contributed by atoms with E-state index >= 15 is 0 Å². The molecule has 2 aromatic carbocycles. The molecule has 7 nitrogen and oxygen atoms in total. The summed E-state index contributed by atoms with van der Waals surface area (Å²) in [7, 11) is 0. The van der Waals surface area contributed by atoms with Crippen LogP contribution in [0.5, 0.6) is 0 Å². The normalized spacial score (nSPS) is 15.3. The fourth-order valence-corrected chi connectivity index (χ4v) is 4.86. The Balaban J connectivity index is 1.31. The van der Waals surface area contributed by atoms with Gasteiger partial charge in [-0.25, -0.2) is 4.98 Å². The molecule has 5 rings (SSSR count). The largest absolute Gasteiger partial charge is 0.368 e. The van der Waals surface area contributed by atoms with Gasteiger partial charge in [-0.3, -0.25) is 4.90 Å². The van der Waals surface area contributed by atoms with E-state index in [0.717, 1.165) is 50.2 Å². The minimum absolute atomic E-state index is 0.652. The zero-order chi connectivity index (χ0) is 19.6. The summed E-state index contributed by atoms with van der Waals surface area (Å²) in [6, 6.07) is 14.9. The number of aryl methyl sites for hydroxylation is 1. The van der Waals surface area contributed by atoms with Gasteiger partial charge in [-0.1, -0.05) is 25.1 Å². The minimum Gasteiger partial charge on any atom is -0.368 e. The molecule has 4 aromatic rings. The fraction of sp³-hybridized carbons (Fsp3) is 0.333. The molecule has 1 fully saturated rings. The van der Waals surface area contributed by atoms with Crippen molar-refractivity contribution in [3.05, 3.63) is 53.0 Å². The van der Waals surface area contributed by atoms with E-state index in [0.29, 0.717) is 5.82 Å². The molecule has 0 aliphatic carbocycles. The summed E-state index contributed by atoms with van der Waals surface area (Å²) in [5.74, 6) is 0.652. The third-order valence-corrected chi connectivity index (χ3v) is 6.49. The second-order valence-electron chi connectivity index (χ2n) is 7.28. The van der Waals surface area contributed by atoms with Gasteiger partial charge in [0.25, 0.3) is 0 Å². The van der Waals surface area contributed by atoms with Crippen LogP contribution in [0.2, 0.25) is 0 Å². The Kier molecular flexibility index (Phi) is 4.95. The first-order valence-electron chi connectivity index (χ1n) is 9.98. The number of para-hydroxylation sites is 1. The van der Waals surface area contributed by atoms with Crippen molar-refractivity contribution in [2.45, 2.75) is 19.9 Å². The average Bonchev–Trinajstić information content (AvgIpc) is 3.43. The molecule has 0 spiro atoms. The van der Waals surface area contributed by atoms with Crippen LogP contribution in [0.15, 0.2) is 42.5 Å². The van der Waals surface area contributed by atoms with Crippen LogP contribution >= 0.6 is 11.3 Å². The third-order valence-electron chi connectivity index (χ3n) is 5.47. The predicted octanol–water partition coefficient (Wildman–Crippen LogP) is 3.36. The highest BCUT2D eigenvalue weighted by Crippen LogP contribution is 2.31. The molecular weight excluding hydrogens is 382 g/mol. The van der Waals surface area contributed by atoms with Crippen molar-refractivity contribution in [2.75, 3.05) is 31.1 Å². The van der Waals surface area contributed by atoms with Gasteiger partial charge in [-0.15, -0.1) is 21.5 Å². The molecule has 8 heteroatoms. The van der Waals surface area contributed by atoms with Crippen LogP contribution in [0.3, 0.4) is 0 Å². The maximum atomic E-state index is 4.79. The Morgan fingerprint density at radius 2 is 1.93 bits per heavy atom. The smallest absolute Gasteiger partial charge is 0.206 e. The van der Waals surface area contributed by atoms with Crippen molar-refractivity contribution in [1.29, 1.82) is 0 Å². The molecule has 1 aliphatic heterocycles. The molecule has 148 valence electrons. The van der Waals surface area contributed by atoms with E-state index in [1.165, 1.54) is 21.0 Å². The number of aromatic amines is 1. The number of nitrogens with zero attached hydrogens (tertiary/aromatic N) is 6. The lowest BCUT2D eigenvalue weighted by Crippen LogP contribution is -2.46. The quantitative estimate of drug-likeness (QED) is 0.549. The Hall–Kier alpha value is -2.84. The first-order chi connectivity index (χ1) is 14.3. The first-order valence-corrected chi connectivity index (χ1v) is 10.8. The van der Waals surface area contributed by atoms with Gasteiger partial charge in [0, 0.05) is 37.4 Å². The zero-order valence-electron chi connectivity index (χ0n) is 16.4. The van der Waals surface area contributed by atoms with Gasteiger partial charge in [0.2, 0.25) is 5.82 Å². The van der Waals surface area contributed by atoms with Crippen LogP contribution in [0, 0.1) is 0 Å². The van der Waals surface area contributed by atoms with Crippen molar-refractivity contribution in [1.82, 2.24) is 30.5 Å². The topological polar surface area (TPSA) is 73.8 Å². The van der Waals surface area contributed by atoms with E-state index in [9.17, 15) is 0 Å². The van der Waals surface area contributed by atoms with E-state index in [2.05, 4.69) is 79.8 Å². The van der Waals surface area contributed by atoms with Crippen LogP contribution in [-0.4, -0.2) is 56.7 Å². The number of fused-ring (bicyclic) bond motifs is 1. The van der Waals surface area contributed by atoms with E-state index in [1.807, 2.05) is 0 Å². The molecular formula is C21H23N7S. The molecule has 0 saturated carbocycles. The van der Waals surface area contributed by atoms with E-state index in [4.69, 9.17) is 4.98 Å². The van der Waals surface area contributed by atoms with E-state index in [1.54, 1.807) is 11.3 Å². The molecule has 1 saturated heterocycles. The third kappa shape index (κ3) is 3.73. The van der Waals surface area contributed by atoms with Crippen LogP contribution in [0.25, 0.3) is 21.6 Å². The molecule has 0 bridgehead atoms. The number of hydrogen-bond acceptors (Lipinski definition) is 7. The average molecular weight is 406 g/mol. The summed E-state index contributed by atoms with van der Waals surface area (Å²) in [4.78, 5) is 9.73. The summed E-state index contributed by atoms with van der Waals surface area (Å²) in [5, 5.41) is 15.9. The van der Waals surface area contributed by atoms with Gasteiger partial charge in [0.15, 0.2) is 0 Å². The lowest BCUT2D eigenvalue weighted by Gasteiger charge is -2.36. The minimum atomic E-state index is 0.652. The van der Waals surface area contributed by atoms with Crippen molar-refractivity contribution in [2.24, 2.45) is 0 Å². The molecule has 0 atom stereocenters. The molecule has 1 aliphatic rings. The summed E-state index contributed by atoms with van der Waals surface area (Å²) >= 11 is 1.80. The van der Waals surface area contributed by atoms with Crippen molar-refractivity contribution >= 4 is 27.2 Å². The zero-order valence-corrected chi connectivity index (χ0v) is 17.2. The van der Waals surface area contributed by atoms with Crippen LogP contribution in [0.1, 0.15) is 17.5 Å². The fourth-order valence-electron chi connectivity index (χ4n) is 3.85. The molecule has 2 aromatic heterocycles.